The zero-order valence-corrected chi connectivity index (χ0v) is 16.8. The van der Waals surface area contributed by atoms with Gasteiger partial charge in [-0.3, -0.25) is 4.52 Å². The fraction of sp³-hybridized carbons (Fsp3) is 0.538. The number of diazo groups is 1. The predicted octanol–water partition coefficient (Wildman–Crippen LogP) is 4.04. The first-order chi connectivity index (χ1) is 13.8. The highest BCUT2D eigenvalue weighted by Gasteiger charge is 2.51. The first-order valence-corrected chi connectivity index (χ1v) is 10.4. The second kappa shape index (κ2) is 11.5. The minimum absolute atomic E-state index is 0.136. The Kier molecular flexibility index (Phi) is 9.32. The van der Waals surface area contributed by atoms with Crippen molar-refractivity contribution in [3.8, 4) is 0 Å². The van der Waals surface area contributed by atoms with Gasteiger partial charge < -0.3 is 24.5 Å². The molecule has 0 saturated heterocycles. The molecule has 0 fully saturated rings. The van der Waals surface area contributed by atoms with Gasteiger partial charge in [-0.05, 0) is 32.3 Å². The number of ether oxygens (including phenoxy) is 1. The number of alkyl halides is 3. The molecule has 2 unspecified atom stereocenters. The lowest BCUT2D eigenvalue weighted by Crippen LogP contribution is -2.13. The molecule has 0 saturated carbocycles. The normalized spacial score (nSPS) is 19.8. The Morgan fingerprint density at radius 3 is 2.34 bits per heavy atom. The van der Waals surface area contributed by atoms with Gasteiger partial charge in [-0.1, -0.05) is 17.7 Å². The lowest BCUT2D eigenvalue weighted by atomic mass is 10.1. The Morgan fingerprint density at radius 1 is 1.28 bits per heavy atom. The number of phosphoric acid groups is 2. The van der Waals surface area contributed by atoms with Crippen LogP contribution in [0.2, 0.25) is 0 Å². The molecule has 0 aromatic rings. The molecule has 0 aliphatic carbocycles. The van der Waals surface area contributed by atoms with E-state index in [9.17, 15) is 27.4 Å². The van der Waals surface area contributed by atoms with E-state index in [-0.39, 0.29) is 18.4 Å². The van der Waals surface area contributed by atoms with E-state index in [1.165, 1.54) is 19.9 Å². The zero-order valence-electron chi connectivity index (χ0n) is 17.0. The highest BCUT2D eigenvalue weighted by molar-refractivity contribution is 7.60. The minimum Gasteiger partial charge on any atom is -0.475 e. The van der Waals surface area contributed by atoms with Crippen LogP contribution in [0.3, 0.4) is 0 Å². The van der Waals surface area contributed by atoms with Crippen molar-refractivity contribution in [1.29, 1.82) is 5.39 Å². The number of nitrogens with zero attached hydrogens (tertiary/aromatic N) is 2. The molecule has 0 spiro atoms. The Hall–Kier alpha value is -1.71. The Bertz CT molecular complexity index is 878. The number of aliphatic hydroxyl groups excluding tert-OH is 1. The number of aliphatic hydroxyl groups is 1. The molecule has 166 valence electrons. The molecule has 0 amide bonds. The average molecular weight is 470 g/mol. The second-order valence-corrected chi connectivity index (χ2v) is 8.12. The Balaban J connectivity index is 4.89. The summed E-state index contributed by atoms with van der Waals surface area (Å²) in [5.41, 5.74) is -1.38. The molecule has 0 aliphatic rings. The van der Waals surface area contributed by atoms with Crippen molar-refractivity contribution in [3.63, 3.8) is 0 Å². The number of phosphoric ester groups is 1. The third kappa shape index (κ3) is 13.2. The van der Waals surface area contributed by atoms with Crippen molar-refractivity contribution < 1.29 is 58.4 Å². The van der Waals surface area contributed by atoms with Crippen LogP contribution in [-0.4, -0.2) is 39.1 Å². The standard InChI is InChI=1S/C13H19F3N2O9P2/c1-9(6-7-26-29(23,24)27-28(20,21)22)4-3-5-10(2)8-25-12(19)11(18-17)13(14,15)16/h5-6H,3-4,7-8H2,1-2H3,(H3-,19,20,21,22,23,24)/p+1/b9-6+,10-5+,12-11-/i7TD. The van der Waals surface area contributed by atoms with Crippen LogP contribution in [0.25, 0.3) is 4.98 Å². The molecule has 0 rings (SSSR count). The van der Waals surface area contributed by atoms with E-state index in [2.05, 4.69) is 13.6 Å². The molecule has 0 radical (unpaired) electrons. The van der Waals surface area contributed by atoms with Crippen LogP contribution < -0.4 is 0 Å². The van der Waals surface area contributed by atoms with Crippen molar-refractivity contribution >= 4 is 15.6 Å². The van der Waals surface area contributed by atoms with Crippen LogP contribution in [0.5, 0.6) is 0 Å². The van der Waals surface area contributed by atoms with Crippen LogP contribution in [0.1, 0.15) is 29.4 Å². The van der Waals surface area contributed by atoms with Crippen molar-refractivity contribution in [2.24, 2.45) is 0 Å². The number of allylic oxidation sites excluding steroid dienone is 3. The van der Waals surface area contributed by atoms with Crippen molar-refractivity contribution in [1.82, 2.24) is 0 Å². The highest BCUT2D eigenvalue weighted by atomic mass is 31.3. The average Bonchev–Trinajstić information content (AvgIpc) is 2.47. The third-order valence-electron chi connectivity index (χ3n) is 2.72. The number of rotatable bonds is 11. The van der Waals surface area contributed by atoms with Gasteiger partial charge in [-0.25, -0.2) is 9.13 Å². The maximum absolute atomic E-state index is 12.4. The molecular formula is C13H20F3N2O9P2+. The highest BCUT2D eigenvalue weighted by Crippen LogP contribution is 2.57. The summed E-state index contributed by atoms with van der Waals surface area (Å²) in [6, 6.07) is 0. The van der Waals surface area contributed by atoms with Crippen LogP contribution in [-0.2, 0) is 22.7 Å². The molecule has 29 heavy (non-hydrogen) atoms. The quantitative estimate of drug-likeness (QED) is 0.149. The maximum Gasteiger partial charge on any atom is 0.543 e. The van der Waals surface area contributed by atoms with E-state index in [1.54, 1.807) is 0 Å². The lowest BCUT2D eigenvalue weighted by Gasteiger charge is -2.11. The van der Waals surface area contributed by atoms with Gasteiger partial charge in [0, 0.05) is 0 Å². The van der Waals surface area contributed by atoms with Gasteiger partial charge in [0.05, 0.1) is 9.30 Å². The number of hydrogen-bond acceptors (Lipinski definition) is 7. The smallest absolute Gasteiger partial charge is 0.475 e. The molecule has 11 nitrogen and oxygen atoms in total. The van der Waals surface area contributed by atoms with E-state index in [0.29, 0.717) is 5.57 Å². The maximum atomic E-state index is 12.4. The van der Waals surface area contributed by atoms with Gasteiger partial charge in [0.15, 0.2) is 4.98 Å². The van der Waals surface area contributed by atoms with Crippen molar-refractivity contribution in [2.75, 3.05) is 13.2 Å². The molecule has 0 aromatic carbocycles. The molecule has 0 bridgehead atoms. The molecule has 4 N–H and O–H groups in total. The Labute approximate surface area is 166 Å². The lowest BCUT2D eigenvalue weighted by molar-refractivity contribution is -0.0968. The van der Waals surface area contributed by atoms with Gasteiger partial charge in [-0.15, -0.1) is 0 Å². The largest absolute Gasteiger partial charge is 0.543 e. The Morgan fingerprint density at radius 2 is 1.86 bits per heavy atom. The molecule has 0 aliphatic heterocycles. The summed E-state index contributed by atoms with van der Waals surface area (Å²) in [6.45, 7) is -0.565. The summed E-state index contributed by atoms with van der Waals surface area (Å²) in [5.74, 6) is -1.63. The van der Waals surface area contributed by atoms with E-state index in [0.717, 1.165) is 6.08 Å². The summed E-state index contributed by atoms with van der Waals surface area (Å²) < 4.78 is 86.2. The summed E-state index contributed by atoms with van der Waals surface area (Å²) in [7, 11) is -10.8. The van der Waals surface area contributed by atoms with Crippen molar-refractivity contribution in [2.45, 2.75) is 32.9 Å². The number of hydrogen-bond donors (Lipinski definition) is 4. The molecule has 2 atom stereocenters. The topological polar surface area (TPSA) is 171 Å². The molecule has 16 heteroatoms. The fourth-order valence-electron chi connectivity index (χ4n) is 1.49. The van der Waals surface area contributed by atoms with Crippen molar-refractivity contribution in [3.05, 3.63) is 39.9 Å². The van der Waals surface area contributed by atoms with E-state index in [1.807, 2.05) is 4.98 Å². The van der Waals surface area contributed by atoms with Crippen LogP contribution in [0.15, 0.2) is 34.9 Å². The van der Waals surface area contributed by atoms with Crippen LogP contribution in [0.4, 0.5) is 13.2 Å². The molecule has 0 heterocycles. The monoisotopic (exact) mass is 470 g/mol. The molecular weight excluding hydrogens is 447 g/mol. The van der Waals surface area contributed by atoms with E-state index >= 15 is 0 Å². The van der Waals surface area contributed by atoms with E-state index < -0.39 is 46.6 Å². The first kappa shape index (κ1) is 23.6. The summed E-state index contributed by atoms with van der Waals surface area (Å²) in [4.78, 5) is 28.1. The van der Waals surface area contributed by atoms with Crippen LogP contribution in [0, 0.1) is 5.39 Å². The summed E-state index contributed by atoms with van der Waals surface area (Å²) >= 11 is 0. The van der Waals surface area contributed by atoms with Crippen LogP contribution >= 0.6 is 15.6 Å². The fourth-order valence-corrected chi connectivity index (χ4v) is 2.89. The van der Waals surface area contributed by atoms with Gasteiger partial charge in [0.2, 0.25) is 5.39 Å². The molecule has 0 aromatic heterocycles. The SMILES string of the molecule is [2H]C([3H])(/C=C(\C)CC/C=C(\C)CO/C(O)=C(\[N+]#N)C(F)(F)F)OP(=O)(O)OP(=O)(O)O. The van der Waals surface area contributed by atoms with E-state index in [4.69, 9.17) is 22.8 Å². The minimum atomic E-state index is -5.42. The van der Waals surface area contributed by atoms with Gasteiger partial charge >= 0.3 is 33.5 Å². The predicted molar refractivity (Wildman–Crippen MR) is 92.4 cm³/mol. The first-order valence-electron chi connectivity index (χ1n) is 8.41. The second-order valence-electron chi connectivity index (χ2n) is 5.37. The number of halogens is 3. The van der Waals surface area contributed by atoms with Gasteiger partial charge in [0.1, 0.15) is 6.61 Å². The van der Waals surface area contributed by atoms with Gasteiger partial charge in [-0.2, -0.15) is 17.5 Å². The third-order valence-corrected chi connectivity index (χ3v) is 4.73. The van der Waals surface area contributed by atoms with Gasteiger partial charge in [0.25, 0.3) is 0 Å². The summed E-state index contributed by atoms with van der Waals surface area (Å²) in [5, 5.41) is 17.5. The zero-order chi connectivity index (χ0) is 24.7. The summed E-state index contributed by atoms with van der Waals surface area (Å²) in [6.07, 6.45) is -2.57.